The number of hydrogen-bond donors (Lipinski definition) is 1. The molecule has 3 atom stereocenters. The van der Waals surface area contributed by atoms with E-state index >= 15 is 0 Å². The Labute approximate surface area is 94.1 Å². The van der Waals surface area contributed by atoms with Gasteiger partial charge in [0, 0.05) is 19.1 Å². The van der Waals surface area contributed by atoms with Gasteiger partial charge < -0.3 is 14.9 Å². The molecule has 1 aliphatic rings. The normalized spacial score (nSPS) is 27.2. The first-order chi connectivity index (χ1) is 7.04. The lowest BCUT2D eigenvalue weighted by molar-refractivity contribution is 0.0628. The van der Waals surface area contributed by atoms with E-state index in [1.54, 1.807) is 0 Å². The van der Waals surface area contributed by atoms with E-state index in [1.807, 2.05) is 6.92 Å². The highest BCUT2D eigenvalue weighted by atomic mass is 16.3. The molecule has 1 saturated heterocycles. The molecule has 1 heterocycles. The van der Waals surface area contributed by atoms with Gasteiger partial charge >= 0.3 is 0 Å². The summed E-state index contributed by atoms with van der Waals surface area (Å²) in [5, 5.41) is 9.77. The molecule has 0 saturated carbocycles. The van der Waals surface area contributed by atoms with Crippen molar-refractivity contribution in [1.82, 2.24) is 9.80 Å². The number of nitrogens with zero attached hydrogens (tertiary/aromatic N) is 2. The van der Waals surface area contributed by atoms with Crippen LogP contribution in [0.25, 0.3) is 0 Å². The molecule has 1 aliphatic heterocycles. The SMILES string of the molecule is CCC(O)C(C)N(C)CC1CCN(C)C1. The van der Waals surface area contributed by atoms with Gasteiger partial charge in [0.2, 0.25) is 0 Å². The van der Waals surface area contributed by atoms with Crippen molar-refractivity contribution < 1.29 is 5.11 Å². The van der Waals surface area contributed by atoms with Crippen molar-refractivity contribution in [2.75, 3.05) is 33.7 Å². The smallest absolute Gasteiger partial charge is 0.0690 e. The molecule has 0 amide bonds. The largest absolute Gasteiger partial charge is 0.392 e. The number of likely N-dealkylation sites (tertiary alicyclic amines) is 1. The summed E-state index contributed by atoms with van der Waals surface area (Å²) in [5.74, 6) is 0.784. The summed E-state index contributed by atoms with van der Waals surface area (Å²) >= 11 is 0. The molecule has 3 heteroatoms. The van der Waals surface area contributed by atoms with Crippen molar-refractivity contribution in [3.05, 3.63) is 0 Å². The zero-order chi connectivity index (χ0) is 11.4. The van der Waals surface area contributed by atoms with Crippen LogP contribution in [0.4, 0.5) is 0 Å². The molecule has 1 fully saturated rings. The van der Waals surface area contributed by atoms with Crippen LogP contribution in [0.15, 0.2) is 0 Å². The third-order valence-corrected chi connectivity index (χ3v) is 3.71. The van der Waals surface area contributed by atoms with E-state index in [4.69, 9.17) is 0 Å². The molecule has 15 heavy (non-hydrogen) atoms. The Balaban J connectivity index is 2.31. The van der Waals surface area contributed by atoms with Gasteiger partial charge in [-0.3, -0.25) is 0 Å². The van der Waals surface area contributed by atoms with E-state index in [1.165, 1.54) is 19.5 Å². The van der Waals surface area contributed by atoms with E-state index in [0.717, 1.165) is 18.9 Å². The maximum absolute atomic E-state index is 9.77. The van der Waals surface area contributed by atoms with Gasteiger partial charge in [0.1, 0.15) is 0 Å². The molecule has 0 radical (unpaired) electrons. The van der Waals surface area contributed by atoms with Gasteiger partial charge in [-0.25, -0.2) is 0 Å². The van der Waals surface area contributed by atoms with Gasteiger partial charge in [-0.2, -0.15) is 0 Å². The third-order valence-electron chi connectivity index (χ3n) is 3.71. The minimum Gasteiger partial charge on any atom is -0.392 e. The molecule has 90 valence electrons. The molecule has 0 aliphatic carbocycles. The molecular weight excluding hydrogens is 188 g/mol. The van der Waals surface area contributed by atoms with Crippen molar-refractivity contribution in [1.29, 1.82) is 0 Å². The number of aliphatic hydroxyl groups is 1. The highest BCUT2D eigenvalue weighted by molar-refractivity contribution is 4.79. The lowest BCUT2D eigenvalue weighted by Gasteiger charge is -2.30. The van der Waals surface area contributed by atoms with Crippen LogP contribution in [-0.4, -0.2) is 60.8 Å². The number of hydrogen-bond acceptors (Lipinski definition) is 3. The zero-order valence-electron chi connectivity index (χ0n) is 10.6. The predicted octanol–water partition coefficient (Wildman–Crippen LogP) is 1.03. The second-order valence-corrected chi connectivity index (χ2v) is 5.07. The number of likely N-dealkylation sites (N-methyl/N-ethyl adjacent to an activating group) is 1. The molecule has 1 N–H and O–H groups in total. The average molecular weight is 214 g/mol. The first kappa shape index (κ1) is 12.9. The summed E-state index contributed by atoms with van der Waals surface area (Å²) in [6.07, 6.45) is 1.96. The minimum absolute atomic E-state index is 0.186. The summed E-state index contributed by atoms with van der Waals surface area (Å²) in [4.78, 5) is 4.69. The van der Waals surface area contributed by atoms with Crippen molar-refractivity contribution >= 4 is 0 Å². The highest BCUT2D eigenvalue weighted by Gasteiger charge is 2.24. The maximum atomic E-state index is 9.77. The second kappa shape index (κ2) is 5.83. The summed E-state index contributed by atoms with van der Waals surface area (Å²) in [7, 11) is 4.31. The van der Waals surface area contributed by atoms with Crippen molar-refractivity contribution in [3.63, 3.8) is 0 Å². The van der Waals surface area contributed by atoms with Gasteiger partial charge in [0.25, 0.3) is 0 Å². The molecule has 0 aromatic rings. The van der Waals surface area contributed by atoms with Gasteiger partial charge in [-0.05, 0) is 46.3 Å². The van der Waals surface area contributed by atoms with Gasteiger partial charge in [-0.1, -0.05) is 6.92 Å². The summed E-state index contributed by atoms with van der Waals surface area (Å²) in [6.45, 7) is 7.70. The van der Waals surface area contributed by atoms with Gasteiger partial charge in [-0.15, -0.1) is 0 Å². The van der Waals surface area contributed by atoms with Crippen LogP contribution in [0.3, 0.4) is 0 Å². The van der Waals surface area contributed by atoms with Crippen molar-refractivity contribution in [3.8, 4) is 0 Å². The second-order valence-electron chi connectivity index (χ2n) is 5.07. The third kappa shape index (κ3) is 3.74. The van der Waals surface area contributed by atoms with Crippen molar-refractivity contribution in [2.45, 2.75) is 38.8 Å². The van der Waals surface area contributed by atoms with E-state index in [-0.39, 0.29) is 12.1 Å². The van der Waals surface area contributed by atoms with E-state index < -0.39 is 0 Å². The highest BCUT2D eigenvalue weighted by Crippen LogP contribution is 2.17. The standard InChI is InChI=1S/C12H26N2O/c1-5-12(15)10(2)14(4)9-11-6-7-13(3)8-11/h10-12,15H,5-9H2,1-4H3. The lowest BCUT2D eigenvalue weighted by atomic mass is 10.1. The van der Waals surface area contributed by atoms with E-state index in [9.17, 15) is 5.11 Å². The fourth-order valence-corrected chi connectivity index (χ4v) is 2.38. The first-order valence-corrected chi connectivity index (χ1v) is 6.11. The molecule has 0 aromatic carbocycles. The Kier molecular flexibility index (Phi) is 5.03. The fourth-order valence-electron chi connectivity index (χ4n) is 2.38. The maximum Gasteiger partial charge on any atom is 0.0690 e. The molecule has 3 unspecified atom stereocenters. The van der Waals surface area contributed by atoms with Crippen LogP contribution in [0.5, 0.6) is 0 Å². The first-order valence-electron chi connectivity index (χ1n) is 6.11. The molecular formula is C12H26N2O. The monoisotopic (exact) mass is 214 g/mol. The summed E-state index contributed by atoms with van der Waals surface area (Å²) in [5.41, 5.74) is 0. The molecule has 3 nitrogen and oxygen atoms in total. The average Bonchev–Trinajstić information content (AvgIpc) is 2.61. The van der Waals surface area contributed by atoms with Crippen LogP contribution in [0, 0.1) is 5.92 Å². The lowest BCUT2D eigenvalue weighted by Crippen LogP contribution is -2.41. The van der Waals surface area contributed by atoms with Crippen LogP contribution < -0.4 is 0 Å². The number of rotatable bonds is 5. The Morgan fingerprint density at radius 2 is 2.20 bits per heavy atom. The van der Waals surface area contributed by atoms with Crippen LogP contribution >= 0.6 is 0 Å². The van der Waals surface area contributed by atoms with Crippen molar-refractivity contribution in [2.24, 2.45) is 5.92 Å². The predicted molar refractivity (Wildman–Crippen MR) is 64.0 cm³/mol. The van der Waals surface area contributed by atoms with E-state index in [0.29, 0.717) is 0 Å². The van der Waals surface area contributed by atoms with Gasteiger partial charge in [0.15, 0.2) is 0 Å². The number of aliphatic hydroxyl groups excluding tert-OH is 1. The molecule has 1 rings (SSSR count). The Morgan fingerprint density at radius 3 is 2.67 bits per heavy atom. The van der Waals surface area contributed by atoms with Crippen LogP contribution in [0.1, 0.15) is 26.7 Å². The zero-order valence-corrected chi connectivity index (χ0v) is 10.6. The Morgan fingerprint density at radius 1 is 1.53 bits per heavy atom. The van der Waals surface area contributed by atoms with Crippen LogP contribution in [0.2, 0.25) is 0 Å². The summed E-state index contributed by atoms with van der Waals surface area (Å²) in [6, 6.07) is 0.279. The summed E-state index contributed by atoms with van der Waals surface area (Å²) < 4.78 is 0. The van der Waals surface area contributed by atoms with Crippen LogP contribution in [-0.2, 0) is 0 Å². The topological polar surface area (TPSA) is 26.7 Å². The van der Waals surface area contributed by atoms with Gasteiger partial charge in [0.05, 0.1) is 6.10 Å². The Hall–Kier alpha value is -0.120. The fraction of sp³-hybridized carbons (Fsp3) is 1.00. The molecule has 0 bridgehead atoms. The molecule has 0 spiro atoms. The minimum atomic E-state index is -0.186. The Bertz CT molecular complexity index is 186. The van der Waals surface area contributed by atoms with E-state index in [2.05, 4.69) is 30.8 Å². The quantitative estimate of drug-likeness (QED) is 0.740. The molecule has 0 aromatic heterocycles.